The van der Waals surface area contributed by atoms with Gasteiger partial charge in [-0.3, -0.25) is 4.40 Å². The third-order valence-corrected chi connectivity index (χ3v) is 5.35. The largest absolute Gasteiger partial charge is 0.291 e. The average Bonchev–Trinajstić information content (AvgIpc) is 2.92. The highest BCUT2D eigenvalue weighted by atomic mass is 32.1. The van der Waals surface area contributed by atoms with Crippen LogP contribution in [0.3, 0.4) is 0 Å². The predicted molar refractivity (Wildman–Crippen MR) is 66.4 cm³/mol. The fraction of sp³-hybridized carbons (Fsp3) is 0.615. The maximum atomic E-state index is 4.89. The number of imidazole rings is 1. The van der Waals surface area contributed by atoms with Crippen LogP contribution in [-0.4, -0.2) is 9.38 Å². The van der Waals surface area contributed by atoms with Crippen LogP contribution < -0.4 is 0 Å². The van der Waals surface area contributed by atoms with Crippen molar-refractivity contribution in [3.63, 3.8) is 0 Å². The summed E-state index contributed by atoms with van der Waals surface area (Å²) in [5.74, 6) is 0.735. The molecule has 3 heteroatoms. The molecule has 0 amide bonds. The summed E-state index contributed by atoms with van der Waals surface area (Å²) in [5, 5.41) is 0. The van der Waals surface area contributed by atoms with Crippen LogP contribution in [0.25, 0.3) is 4.96 Å². The van der Waals surface area contributed by atoms with Gasteiger partial charge in [-0.25, -0.2) is 4.98 Å². The molecular weight excluding hydrogens is 216 g/mol. The first-order valence-corrected chi connectivity index (χ1v) is 7.22. The second-order valence-electron chi connectivity index (χ2n) is 5.03. The lowest BCUT2D eigenvalue weighted by Crippen LogP contribution is -1.93. The summed E-state index contributed by atoms with van der Waals surface area (Å²) in [6.07, 6.45) is 7.73. The Labute approximate surface area is 99.3 Å². The van der Waals surface area contributed by atoms with Crippen molar-refractivity contribution in [2.24, 2.45) is 0 Å². The summed E-state index contributed by atoms with van der Waals surface area (Å²) >= 11 is 1.94. The Kier molecular flexibility index (Phi) is 1.79. The third kappa shape index (κ3) is 1.000. The molecule has 0 N–H and O–H groups in total. The van der Waals surface area contributed by atoms with Crippen molar-refractivity contribution < 1.29 is 0 Å². The summed E-state index contributed by atoms with van der Waals surface area (Å²) in [5.41, 5.74) is 4.55. The molecule has 2 aliphatic carbocycles. The minimum atomic E-state index is 0.735. The average molecular weight is 232 g/mol. The maximum Gasteiger partial charge on any atom is 0.194 e. The highest BCUT2D eigenvalue weighted by molar-refractivity contribution is 7.17. The van der Waals surface area contributed by atoms with E-state index in [-0.39, 0.29) is 0 Å². The van der Waals surface area contributed by atoms with Crippen LogP contribution in [0.1, 0.15) is 54.1 Å². The van der Waals surface area contributed by atoms with Gasteiger partial charge in [-0.05, 0) is 38.5 Å². The van der Waals surface area contributed by atoms with Crippen LogP contribution >= 0.6 is 11.3 Å². The Balaban J connectivity index is 1.99. The van der Waals surface area contributed by atoms with Crippen molar-refractivity contribution in [2.45, 2.75) is 51.4 Å². The van der Waals surface area contributed by atoms with Crippen molar-refractivity contribution in [1.29, 1.82) is 0 Å². The van der Waals surface area contributed by atoms with E-state index in [0.717, 1.165) is 5.92 Å². The van der Waals surface area contributed by atoms with Gasteiger partial charge < -0.3 is 0 Å². The normalized spacial score (nSPS) is 22.9. The Morgan fingerprint density at radius 1 is 1.31 bits per heavy atom. The van der Waals surface area contributed by atoms with Crippen molar-refractivity contribution in [3.05, 3.63) is 22.0 Å². The number of nitrogens with zero attached hydrogens (tertiary/aromatic N) is 2. The fourth-order valence-corrected chi connectivity index (χ4v) is 4.60. The Bertz CT molecular complexity index is 564. The van der Waals surface area contributed by atoms with E-state index in [9.17, 15) is 0 Å². The molecule has 84 valence electrons. The van der Waals surface area contributed by atoms with Gasteiger partial charge in [0.1, 0.15) is 0 Å². The quantitative estimate of drug-likeness (QED) is 0.737. The maximum absolute atomic E-state index is 4.89. The van der Waals surface area contributed by atoms with Gasteiger partial charge in [0, 0.05) is 22.2 Å². The van der Waals surface area contributed by atoms with Crippen LogP contribution in [0, 0.1) is 0 Å². The lowest BCUT2D eigenvalue weighted by atomic mass is 10.1. The van der Waals surface area contributed by atoms with Crippen LogP contribution in [0.15, 0.2) is 0 Å². The predicted octanol–water partition coefficient (Wildman–Crippen LogP) is 3.32. The molecule has 0 saturated heterocycles. The Morgan fingerprint density at radius 3 is 3.12 bits per heavy atom. The minimum absolute atomic E-state index is 0.735. The lowest BCUT2D eigenvalue weighted by molar-refractivity contribution is 0.641. The van der Waals surface area contributed by atoms with Crippen molar-refractivity contribution in [2.75, 3.05) is 0 Å². The van der Waals surface area contributed by atoms with Gasteiger partial charge in [-0.2, -0.15) is 0 Å². The van der Waals surface area contributed by atoms with E-state index in [0.29, 0.717) is 0 Å². The second-order valence-corrected chi connectivity index (χ2v) is 6.09. The molecule has 0 aromatic carbocycles. The first-order valence-electron chi connectivity index (χ1n) is 6.40. The zero-order valence-corrected chi connectivity index (χ0v) is 10.4. The molecular formula is C13H16N2S. The van der Waals surface area contributed by atoms with Gasteiger partial charge in [0.25, 0.3) is 0 Å². The lowest BCUT2D eigenvalue weighted by Gasteiger charge is -2.01. The highest BCUT2D eigenvalue weighted by Gasteiger charge is 2.30. The number of aromatic nitrogens is 2. The molecule has 2 aliphatic rings. The van der Waals surface area contributed by atoms with E-state index in [1.165, 1.54) is 49.2 Å². The monoisotopic (exact) mass is 232 g/mol. The SMILES string of the molecule is CCC1CCc2c1nc1sc3c(n21)CCC3. The standard InChI is InChI=1S/C13H16N2S/c1-2-8-6-7-10-12(8)14-13-15(10)9-4-3-5-11(9)16-13/h8H,2-7H2,1H3. The molecule has 0 bridgehead atoms. The molecule has 1 atom stereocenters. The number of hydrogen-bond donors (Lipinski definition) is 0. The molecule has 2 aromatic heterocycles. The molecule has 0 fully saturated rings. The smallest absolute Gasteiger partial charge is 0.194 e. The number of rotatable bonds is 1. The highest BCUT2D eigenvalue weighted by Crippen LogP contribution is 2.40. The minimum Gasteiger partial charge on any atom is -0.291 e. The molecule has 16 heavy (non-hydrogen) atoms. The zero-order valence-electron chi connectivity index (χ0n) is 9.62. The van der Waals surface area contributed by atoms with Crippen molar-refractivity contribution >= 4 is 16.3 Å². The first-order chi connectivity index (χ1) is 7.88. The number of hydrogen-bond acceptors (Lipinski definition) is 2. The van der Waals surface area contributed by atoms with Crippen LogP contribution in [0.4, 0.5) is 0 Å². The van der Waals surface area contributed by atoms with Gasteiger partial charge in [0.2, 0.25) is 0 Å². The van der Waals surface area contributed by atoms with Gasteiger partial charge in [0.15, 0.2) is 4.96 Å². The van der Waals surface area contributed by atoms with Crippen LogP contribution in [0.5, 0.6) is 0 Å². The molecule has 1 unspecified atom stereocenters. The molecule has 2 heterocycles. The zero-order chi connectivity index (χ0) is 10.7. The van der Waals surface area contributed by atoms with E-state index < -0.39 is 0 Å². The molecule has 0 saturated carbocycles. The van der Waals surface area contributed by atoms with E-state index >= 15 is 0 Å². The van der Waals surface area contributed by atoms with E-state index in [1.54, 1.807) is 16.3 Å². The Hall–Kier alpha value is -0.830. The first kappa shape index (κ1) is 9.23. The summed E-state index contributed by atoms with van der Waals surface area (Å²) in [6.45, 7) is 2.29. The summed E-state index contributed by atoms with van der Waals surface area (Å²) in [7, 11) is 0. The third-order valence-electron chi connectivity index (χ3n) is 4.21. The number of fused-ring (bicyclic) bond motifs is 5. The second kappa shape index (κ2) is 3.10. The van der Waals surface area contributed by atoms with Gasteiger partial charge in [-0.1, -0.05) is 6.92 Å². The summed E-state index contributed by atoms with van der Waals surface area (Å²) < 4.78 is 2.50. The fourth-order valence-electron chi connectivity index (χ4n) is 3.36. The number of aryl methyl sites for hydroxylation is 3. The van der Waals surface area contributed by atoms with E-state index in [4.69, 9.17) is 4.98 Å². The van der Waals surface area contributed by atoms with Crippen molar-refractivity contribution in [1.82, 2.24) is 9.38 Å². The number of thiazole rings is 1. The molecule has 2 nitrogen and oxygen atoms in total. The summed E-state index contributed by atoms with van der Waals surface area (Å²) in [6, 6.07) is 0. The Morgan fingerprint density at radius 2 is 2.25 bits per heavy atom. The van der Waals surface area contributed by atoms with Gasteiger partial charge in [-0.15, -0.1) is 11.3 Å². The van der Waals surface area contributed by atoms with Gasteiger partial charge >= 0.3 is 0 Å². The van der Waals surface area contributed by atoms with E-state index in [1.807, 2.05) is 11.3 Å². The molecule has 2 aromatic rings. The molecule has 0 radical (unpaired) electrons. The molecule has 4 rings (SSSR count). The van der Waals surface area contributed by atoms with E-state index in [2.05, 4.69) is 11.3 Å². The van der Waals surface area contributed by atoms with Crippen LogP contribution in [-0.2, 0) is 19.3 Å². The molecule has 0 spiro atoms. The van der Waals surface area contributed by atoms with Crippen LogP contribution in [0.2, 0.25) is 0 Å². The van der Waals surface area contributed by atoms with Gasteiger partial charge in [0.05, 0.1) is 5.69 Å². The summed E-state index contributed by atoms with van der Waals surface area (Å²) in [4.78, 5) is 7.76. The topological polar surface area (TPSA) is 17.3 Å². The molecule has 0 aliphatic heterocycles. The van der Waals surface area contributed by atoms with Crippen molar-refractivity contribution in [3.8, 4) is 0 Å².